The number of carbonyl (C=O) groups excluding carboxylic acids is 2. The zero-order valence-electron chi connectivity index (χ0n) is 7.07. The van der Waals surface area contributed by atoms with Crippen molar-refractivity contribution in [3.05, 3.63) is 0 Å². The molecular formula is C9H14O3. The summed E-state index contributed by atoms with van der Waals surface area (Å²) < 4.78 is 3.47. The summed E-state index contributed by atoms with van der Waals surface area (Å²) in [6.07, 6.45) is 7.82. The van der Waals surface area contributed by atoms with Crippen LogP contribution in [0.4, 0.5) is 0 Å². The van der Waals surface area contributed by atoms with Crippen molar-refractivity contribution in [1.82, 2.24) is 0 Å². The number of hydrogen-bond donors (Lipinski definition) is 0. The zero-order chi connectivity index (χ0) is 8.81. The lowest BCUT2D eigenvalue weighted by molar-refractivity contribution is -0.141. The molecule has 2 aliphatic carbocycles. The molecule has 3 heteroatoms. The van der Waals surface area contributed by atoms with E-state index in [1.165, 1.54) is 11.8 Å². The first-order valence-corrected chi connectivity index (χ1v) is 4.39. The summed E-state index contributed by atoms with van der Waals surface area (Å²) in [6, 6.07) is 0. The average Bonchev–Trinajstić information content (AvgIpc) is 2.69. The molecule has 2 fully saturated rings. The summed E-state index contributed by atoms with van der Waals surface area (Å²) in [5.41, 5.74) is 0. The lowest BCUT2D eigenvalue weighted by Gasteiger charge is -2.05. The van der Waals surface area contributed by atoms with Crippen LogP contribution in [-0.4, -0.2) is 12.9 Å². The Labute approximate surface area is 72.1 Å². The molecule has 2 rings (SSSR count). The third-order valence-corrected chi connectivity index (χ3v) is 2.74. The van der Waals surface area contributed by atoms with Crippen LogP contribution in [0.1, 0.15) is 32.1 Å². The van der Waals surface area contributed by atoms with Gasteiger partial charge in [0, 0.05) is 0 Å². The molecule has 0 aromatic rings. The molecule has 0 atom stereocenters. The highest BCUT2D eigenvalue weighted by Crippen LogP contribution is 2.43. The van der Waals surface area contributed by atoms with Gasteiger partial charge in [0.15, 0.2) is 0 Å². The van der Waals surface area contributed by atoms with Gasteiger partial charge in [-0.2, -0.15) is 0 Å². The van der Waals surface area contributed by atoms with E-state index in [-0.39, 0.29) is 12.9 Å². The Bertz CT molecular complexity index is 132. The molecule has 12 heavy (non-hydrogen) atoms. The molecule has 0 N–H and O–H groups in total. The molecular weight excluding hydrogens is 156 g/mol. The van der Waals surface area contributed by atoms with Gasteiger partial charge in [-0.25, -0.2) is 0 Å². The van der Waals surface area contributed by atoms with E-state index < -0.39 is 0 Å². The van der Waals surface area contributed by atoms with Gasteiger partial charge in [-0.15, -0.1) is 0 Å². The molecule has 0 aliphatic heterocycles. The van der Waals surface area contributed by atoms with Crippen LogP contribution in [-0.2, 0) is 14.3 Å². The first kappa shape index (κ1) is 9.23. The first-order chi connectivity index (χ1) is 5.86. The normalized spacial score (nSPS) is 30.3. The van der Waals surface area contributed by atoms with Crippen LogP contribution in [0.15, 0.2) is 0 Å². The van der Waals surface area contributed by atoms with Crippen molar-refractivity contribution >= 4 is 12.9 Å². The van der Waals surface area contributed by atoms with E-state index in [1.54, 1.807) is 32.1 Å². The number of carbonyl (C=O) groups is 2. The Kier molecular flexibility index (Phi) is 3.77. The Morgan fingerprint density at radius 1 is 0.917 bits per heavy atom. The van der Waals surface area contributed by atoms with Gasteiger partial charge in [-0.05, 0) is 18.3 Å². The van der Waals surface area contributed by atoms with Crippen molar-refractivity contribution in [2.24, 2.45) is 11.8 Å². The molecule has 0 unspecified atom stereocenters. The minimum atomic E-state index is 0.0625. The molecule has 2 saturated carbocycles. The van der Waals surface area contributed by atoms with Gasteiger partial charge >= 0.3 is 12.9 Å². The maximum atomic E-state index is 8.95. The second kappa shape index (κ2) is 4.91. The van der Waals surface area contributed by atoms with Crippen LogP contribution in [0.5, 0.6) is 0 Å². The Hall–Kier alpha value is -0.860. The Morgan fingerprint density at radius 2 is 1.33 bits per heavy atom. The highest BCUT2D eigenvalue weighted by Gasteiger charge is 2.30. The number of ether oxygens (including phenoxy) is 1. The van der Waals surface area contributed by atoms with E-state index in [1.807, 2.05) is 0 Å². The largest absolute Gasteiger partial charge is 0.398 e. The van der Waals surface area contributed by atoms with Crippen LogP contribution in [0.3, 0.4) is 0 Å². The third-order valence-electron chi connectivity index (χ3n) is 2.74. The zero-order valence-corrected chi connectivity index (χ0v) is 7.07. The van der Waals surface area contributed by atoms with Gasteiger partial charge < -0.3 is 4.74 Å². The van der Waals surface area contributed by atoms with E-state index in [0.717, 1.165) is 0 Å². The molecule has 68 valence electrons. The lowest BCUT2D eigenvalue weighted by Crippen LogP contribution is -1.90. The Balaban J connectivity index is 0.000000130. The molecule has 0 radical (unpaired) electrons. The maximum absolute atomic E-state index is 8.95. The van der Waals surface area contributed by atoms with Gasteiger partial charge in [0.25, 0.3) is 0 Å². The van der Waals surface area contributed by atoms with Gasteiger partial charge in [-0.1, -0.05) is 25.7 Å². The van der Waals surface area contributed by atoms with Gasteiger partial charge in [0.05, 0.1) is 0 Å². The molecule has 0 saturated heterocycles. The third kappa shape index (κ3) is 2.64. The topological polar surface area (TPSA) is 43.4 Å². The van der Waals surface area contributed by atoms with E-state index in [0.29, 0.717) is 0 Å². The first-order valence-electron chi connectivity index (χ1n) is 4.39. The van der Waals surface area contributed by atoms with Crippen LogP contribution in [0.2, 0.25) is 0 Å². The van der Waals surface area contributed by atoms with Crippen molar-refractivity contribution in [2.75, 3.05) is 0 Å². The van der Waals surface area contributed by atoms with Gasteiger partial charge in [0.2, 0.25) is 0 Å². The predicted octanol–water partition coefficient (Wildman–Crippen LogP) is 1.51. The van der Waals surface area contributed by atoms with Crippen LogP contribution < -0.4 is 0 Å². The Morgan fingerprint density at radius 3 is 1.42 bits per heavy atom. The van der Waals surface area contributed by atoms with Crippen molar-refractivity contribution in [3.63, 3.8) is 0 Å². The molecule has 0 spiro atoms. The van der Waals surface area contributed by atoms with Crippen molar-refractivity contribution in [3.8, 4) is 0 Å². The predicted molar refractivity (Wildman–Crippen MR) is 43.3 cm³/mol. The molecule has 0 aromatic heterocycles. The molecule has 2 aliphatic rings. The van der Waals surface area contributed by atoms with Crippen LogP contribution in [0.25, 0.3) is 0 Å². The van der Waals surface area contributed by atoms with Crippen LogP contribution in [0, 0.1) is 11.8 Å². The molecule has 0 heterocycles. The maximum Gasteiger partial charge on any atom is 0.300 e. The fraction of sp³-hybridized carbons (Fsp3) is 0.778. The fourth-order valence-corrected chi connectivity index (χ4v) is 2.20. The quantitative estimate of drug-likeness (QED) is 0.466. The summed E-state index contributed by atoms with van der Waals surface area (Å²) in [6.45, 7) is 0.125. The van der Waals surface area contributed by atoms with Crippen molar-refractivity contribution < 1.29 is 14.3 Å². The second-order valence-corrected chi connectivity index (χ2v) is 3.45. The monoisotopic (exact) mass is 170 g/mol. The minimum absolute atomic E-state index is 0.0625. The van der Waals surface area contributed by atoms with Gasteiger partial charge in [-0.3, -0.25) is 9.59 Å². The molecule has 3 nitrogen and oxygen atoms in total. The number of hydrogen-bond acceptors (Lipinski definition) is 3. The minimum Gasteiger partial charge on any atom is -0.398 e. The van der Waals surface area contributed by atoms with Crippen molar-refractivity contribution in [2.45, 2.75) is 32.1 Å². The van der Waals surface area contributed by atoms with E-state index in [4.69, 9.17) is 9.59 Å². The van der Waals surface area contributed by atoms with Crippen LogP contribution >= 0.6 is 0 Å². The SMILES string of the molecule is C1CC2CCC1C2.O=COC=O. The van der Waals surface area contributed by atoms with E-state index in [9.17, 15) is 0 Å². The highest BCUT2D eigenvalue weighted by molar-refractivity contribution is 5.55. The number of fused-ring (bicyclic) bond motifs is 2. The standard InChI is InChI=1S/C7H12.C2H2O3/c1-2-7-4-3-6(1)5-7;3-1-5-2-4/h6-7H,1-5H2;1-2H. The highest BCUT2D eigenvalue weighted by atomic mass is 16.6. The average molecular weight is 170 g/mol. The van der Waals surface area contributed by atoms with Crippen molar-refractivity contribution in [1.29, 1.82) is 0 Å². The summed E-state index contributed by atoms with van der Waals surface area (Å²) in [5, 5.41) is 0. The molecule has 0 amide bonds. The summed E-state index contributed by atoms with van der Waals surface area (Å²) >= 11 is 0. The lowest BCUT2D eigenvalue weighted by atomic mass is 10.0. The van der Waals surface area contributed by atoms with E-state index >= 15 is 0 Å². The molecule has 0 aromatic carbocycles. The van der Waals surface area contributed by atoms with E-state index in [2.05, 4.69) is 4.74 Å². The summed E-state index contributed by atoms with van der Waals surface area (Å²) in [4.78, 5) is 17.9. The summed E-state index contributed by atoms with van der Waals surface area (Å²) in [7, 11) is 0. The summed E-state index contributed by atoms with van der Waals surface area (Å²) in [5.74, 6) is 2.34. The smallest absolute Gasteiger partial charge is 0.300 e. The fourth-order valence-electron chi connectivity index (χ4n) is 2.20. The van der Waals surface area contributed by atoms with Gasteiger partial charge in [0.1, 0.15) is 0 Å². The second-order valence-electron chi connectivity index (χ2n) is 3.45. The number of rotatable bonds is 2. The molecule has 2 bridgehead atoms.